The van der Waals surface area contributed by atoms with Crippen LogP contribution in [0.3, 0.4) is 0 Å². The van der Waals surface area contributed by atoms with E-state index < -0.39 is 5.97 Å². The molecule has 0 aliphatic carbocycles. The highest BCUT2D eigenvalue weighted by molar-refractivity contribution is 8.00. The molecule has 31 heavy (non-hydrogen) atoms. The van der Waals surface area contributed by atoms with Gasteiger partial charge in [0.2, 0.25) is 5.91 Å². The van der Waals surface area contributed by atoms with Crippen molar-refractivity contribution in [1.29, 1.82) is 0 Å². The Bertz CT molecular complexity index is 1040. The van der Waals surface area contributed by atoms with Crippen LogP contribution in [0.25, 0.3) is 11.1 Å². The van der Waals surface area contributed by atoms with Crippen molar-refractivity contribution >= 4 is 45.7 Å². The molecular formula is C24H26N2O3S2. The van der Waals surface area contributed by atoms with E-state index in [4.69, 9.17) is 10.5 Å². The molecule has 0 saturated carbocycles. The fraction of sp³-hybridized carbons (Fsp3) is 0.250. The second-order valence-electron chi connectivity index (χ2n) is 7.01. The standard InChI is InChI=1S/C24H26N2O3S2/c1-4-20(31-18-12-10-17(25)11-13-18)22(27)26-23-21(24(28)29-5-2)19(14-30-23)16-8-6-15(3)7-9-16/h6-14,20H,4-5,25H2,1-3H3,(H,26,27). The second-order valence-corrected chi connectivity index (χ2v) is 9.17. The molecule has 1 atom stereocenters. The third kappa shape index (κ3) is 5.68. The lowest BCUT2D eigenvalue weighted by atomic mass is 10.0. The quantitative estimate of drug-likeness (QED) is 0.248. The molecule has 2 aromatic carbocycles. The van der Waals surface area contributed by atoms with Gasteiger partial charge in [0.25, 0.3) is 0 Å². The first kappa shape index (κ1) is 22.9. The van der Waals surface area contributed by atoms with E-state index in [0.717, 1.165) is 21.6 Å². The summed E-state index contributed by atoms with van der Waals surface area (Å²) in [7, 11) is 0. The number of thiophene rings is 1. The van der Waals surface area contributed by atoms with Crippen LogP contribution in [0.1, 0.15) is 36.2 Å². The van der Waals surface area contributed by atoms with Crippen LogP contribution in [0.2, 0.25) is 0 Å². The van der Waals surface area contributed by atoms with Crippen molar-refractivity contribution in [2.75, 3.05) is 17.7 Å². The van der Waals surface area contributed by atoms with Crippen molar-refractivity contribution in [3.8, 4) is 11.1 Å². The molecule has 1 aromatic heterocycles. The van der Waals surface area contributed by atoms with Crippen molar-refractivity contribution < 1.29 is 14.3 Å². The third-order valence-corrected chi connectivity index (χ3v) is 6.96. The molecule has 0 spiro atoms. The minimum Gasteiger partial charge on any atom is -0.462 e. The van der Waals surface area contributed by atoms with Gasteiger partial charge in [-0.25, -0.2) is 4.79 Å². The van der Waals surface area contributed by atoms with E-state index in [1.54, 1.807) is 6.92 Å². The fourth-order valence-electron chi connectivity index (χ4n) is 3.03. The zero-order valence-corrected chi connectivity index (χ0v) is 19.4. The van der Waals surface area contributed by atoms with E-state index in [2.05, 4.69) is 5.32 Å². The first-order valence-corrected chi connectivity index (χ1v) is 11.9. The van der Waals surface area contributed by atoms with Gasteiger partial charge in [0, 0.05) is 21.5 Å². The number of aryl methyl sites for hydroxylation is 1. The summed E-state index contributed by atoms with van der Waals surface area (Å²) in [4.78, 5) is 26.7. The Morgan fingerprint density at radius 2 is 1.77 bits per heavy atom. The van der Waals surface area contributed by atoms with E-state index in [0.29, 0.717) is 22.7 Å². The van der Waals surface area contributed by atoms with Crippen LogP contribution >= 0.6 is 23.1 Å². The first-order valence-electron chi connectivity index (χ1n) is 10.1. The lowest BCUT2D eigenvalue weighted by Crippen LogP contribution is -2.25. The number of rotatable bonds is 8. The minimum absolute atomic E-state index is 0.146. The number of thioether (sulfide) groups is 1. The zero-order chi connectivity index (χ0) is 22.4. The van der Waals surface area contributed by atoms with E-state index in [1.165, 1.54) is 23.1 Å². The van der Waals surface area contributed by atoms with Gasteiger partial charge in [0.15, 0.2) is 0 Å². The highest BCUT2D eigenvalue weighted by atomic mass is 32.2. The Hall–Kier alpha value is -2.77. The number of carbonyl (C=O) groups is 2. The smallest absolute Gasteiger partial charge is 0.341 e. The topological polar surface area (TPSA) is 81.4 Å². The number of nitrogen functional groups attached to an aromatic ring is 1. The van der Waals surface area contributed by atoms with Crippen LogP contribution in [-0.4, -0.2) is 23.7 Å². The lowest BCUT2D eigenvalue weighted by molar-refractivity contribution is -0.115. The number of esters is 1. The minimum atomic E-state index is -0.436. The Balaban J connectivity index is 1.86. The summed E-state index contributed by atoms with van der Waals surface area (Å²) >= 11 is 2.81. The lowest BCUT2D eigenvalue weighted by Gasteiger charge is -2.15. The average Bonchev–Trinajstić information content (AvgIpc) is 3.17. The summed E-state index contributed by atoms with van der Waals surface area (Å²) < 4.78 is 5.29. The summed E-state index contributed by atoms with van der Waals surface area (Å²) in [5, 5.41) is 5.06. The van der Waals surface area contributed by atoms with Gasteiger partial charge in [-0.1, -0.05) is 36.8 Å². The summed E-state index contributed by atoms with van der Waals surface area (Å²) in [6.07, 6.45) is 0.645. The van der Waals surface area contributed by atoms with E-state index >= 15 is 0 Å². The summed E-state index contributed by atoms with van der Waals surface area (Å²) in [6.45, 7) is 6.01. The molecule has 0 saturated heterocycles. The molecule has 7 heteroatoms. The van der Waals surface area contributed by atoms with Crippen molar-refractivity contribution in [2.45, 2.75) is 37.3 Å². The monoisotopic (exact) mass is 454 g/mol. The third-order valence-electron chi connectivity index (χ3n) is 4.69. The first-order chi connectivity index (χ1) is 14.9. The van der Waals surface area contributed by atoms with Crippen LogP contribution < -0.4 is 11.1 Å². The number of carbonyl (C=O) groups excluding carboxylic acids is 2. The number of nitrogens with two attached hydrogens (primary N) is 1. The molecule has 1 heterocycles. The Morgan fingerprint density at radius 3 is 2.39 bits per heavy atom. The predicted molar refractivity (Wildman–Crippen MR) is 130 cm³/mol. The van der Waals surface area contributed by atoms with Gasteiger partial charge >= 0.3 is 5.97 Å². The normalized spacial score (nSPS) is 11.7. The molecule has 3 N–H and O–H groups in total. The highest BCUT2D eigenvalue weighted by Crippen LogP contribution is 2.37. The van der Waals surface area contributed by atoms with Gasteiger partial charge in [0.1, 0.15) is 10.6 Å². The molecule has 1 unspecified atom stereocenters. The van der Waals surface area contributed by atoms with E-state index in [-0.39, 0.29) is 17.8 Å². The number of ether oxygens (including phenoxy) is 1. The molecular weight excluding hydrogens is 428 g/mol. The fourth-order valence-corrected chi connectivity index (χ4v) is 4.94. The van der Waals surface area contributed by atoms with Crippen LogP contribution in [-0.2, 0) is 9.53 Å². The number of anilines is 2. The zero-order valence-electron chi connectivity index (χ0n) is 17.8. The molecule has 0 radical (unpaired) electrons. The second kappa shape index (κ2) is 10.5. The van der Waals surface area contributed by atoms with Gasteiger partial charge in [-0.3, -0.25) is 4.79 Å². The molecule has 1 amide bonds. The Labute approximate surface area is 191 Å². The largest absolute Gasteiger partial charge is 0.462 e. The maximum atomic E-state index is 13.0. The summed E-state index contributed by atoms with van der Waals surface area (Å²) in [5.74, 6) is -0.582. The van der Waals surface area contributed by atoms with Crippen LogP contribution in [0.5, 0.6) is 0 Å². The molecule has 0 aliphatic rings. The van der Waals surface area contributed by atoms with Crippen molar-refractivity contribution in [3.05, 3.63) is 65.0 Å². The highest BCUT2D eigenvalue weighted by Gasteiger charge is 2.25. The number of benzene rings is 2. The number of hydrogen-bond donors (Lipinski definition) is 2. The molecule has 3 aromatic rings. The van der Waals surface area contributed by atoms with Gasteiger partial charge in [0.05, 0.1) is 11.9 Å². The number of amides is 1. The Morgan fingerprint density at radius 1 is 1.10 bits per heavy atom. The van der Waals surface area contributed by atoms with Crippen LogP contribution in [0.4, 0.5) is 10.7 Å². The summed E-state index contributed by atoms with van der Waals surface area (Å²) in [6, 6.07) is 15.4. The molecule has 0 bridgehead atoms. The average molecular weight is 455 g/mol. The molecule has 3 rings (SSSR count). The van der Waals surface area contributed by atoms with Crippen molar-refractivity contribution in [3.63, 3.8) is 0 Å². The Kier molecular flexibility index (Phi) is 7.76. The molecule has 5 nitrogen and oxygen atoms in total. The van der Waals surface area contributed by atoms with Crippen LogP contribution in [0.15, 0.2) is 58.8 Å². The number of nitrogens with one attached hydrogen (secondary N) is 1. The van der Waals surface area contributed by atoms with Gasteiger partial charge < -0.3 is 15.8 Å². The molecule has 0 fully saturated rings. The van der Waals surface area contributed by atoms with Gasteiger partial charge in [-0.05, 0) is 50.1 Å². The molecule has 0 aliphatic heterocycles. The SMILES string of the molecule is CCOC(=O)c1c(-c2ccc(C)cc2)csc1NC(=O)C(CC)Sc1ccc(N)cc1. The van der Waals surface area contributed by atoms with Gasteiger partial charge in [-0.15, -0.1) is 23.1 Å². The maximum absolute atomic E-state index is 13.0. The van der Waals surface area contributed by atoms with Gasteiger partial charge in [-0.2, -0.15) is 0 Å². The number of hydrogen-bond acceptors (Lipinski definition) is 6. The van der Waals surface area contributed by atoms with E-state index in [9.17, 15) is 9.59 Å². The van der Waals surface area contributed by atoms with Crippen LogP contribution in [0, 0.1) is 6.92 Å². The predicted octanol–water partition coefficient (Wildman–Crippen LogP) is 5.99. The molecule has 162 valence electrons. The summed E-state index contributed by atoms with van der Waals surface area (Å²) in [5.41, 5.74) is 9.64. The van der Waals surface area contributed by atoms with Crippen molar-refractivity contribution in [2.24, 2.45) is 0 Å². The maximum Gasteiger partial charge on any atom is 0.341 e. The van der Waals surface area contributed by atoms with E-state index in [1.807, 2.05) is 67.8 Å². The van der Waals surface area contributed by atoms with Crippen molar-refractivity contribution in [1.82, 2.24) is 0 Å².